The van der Waals surface area contributed by atoms with E-state index >= 15 is 0 Å². The van der Waals surface area contributed by atoms with Gasteiger partial charge in [0.05, 0.1) is 0 Å². The van der Waals surface area contributed by atoms with E-state index in [2.05, 4.69) is 53.1 Å². The van der Waals surface area contributed by atoms with Crippen molar-refractivity contribution in [1.29, 1.82) is 0 Å². The number of hydrogen-bond acceptors (Lipinski definition) is 2. The van der Waals surface area contributed by atoms with E-state index in [1.807, 2.05) is 12.1 Å². The van der Waals surface area contributed by atoms with Crippen LogP contribution in [0.3, 0.4) is 0 Å². The van der Waals surface area contributed by atoms with Crippen LogP contribution in [0, 0.1) is 0 Å². The average molecular weight is 334 g/mol. The average Bonchev–Trinajstić information content (AvgIpc) is 2.30. The summed E-state index contributed by atoms with van der Waals surface area (Å²) in [5, 5.41) is 4.22. The van der Waals surface area contributed by atoms with Crippen LogP contribution in [0.1, 0.15) is 25.8 Å². The molecule has 0 amide bonds. The highest BCUT2D eigenvalue weighted by Gasteiger charge is 2.03. The van der Waals surface area contributed by atoms with Crippen LogP contribution in [0.15, 0.2) is 22.7 Å². The van der Waals surface area contributed by atoms with Gasteiger partial charge in [0.1, 0.15) is 0 Å². The van der Waals surface area contributed by atoms with Crippen molar-refractivity contribution in [3.05, 3.63) is 33.3 Å². The number of nitrogens with zero attached hydrogens (tertiary/aromatic N) is 1. The van der Waals surface area contributed by atoms with Crippen LogP contribution in [0.4, 0.5) is 0 Å². The molecule has 0 aromatic heterocycles. The molecule has 0 bridgehead atoms. The van der Waals surface area contributed by atoms with E-state index in [1.165, 1.54) is 12.0 Å². The second kappa shape index (κ2) is 8.16. The van der Waals surface area contributed by atoms with E-state index in [4.69, 9.17) is 11.6 Å². The fraction of sp³-hybridized carbons (Fsp3) is 0.571. The zero-order chi connectivity index (χ0) is 13.5. The Kier molecular flexibility index (Phi) is 7.23. The molecule has 102 valence electrons. The monoisotopic (exact) mass is 332 g/mol. The summed E-state index contributed by atoms with van der Waals surface area (Å²) >= 11 is 9.44. The molecule has 1 N–H and O–H groups in total. The van der Waals surface area contributed by atoms with Gasteiger partial charge in [-0.2, -0.15) is 0 Å². The summed E-state index contributed by atoms with van der Waals surface area (Å²) in [5.74, 6) is 0. The SMILES string of the molecule is CC(C)N(C)CCCNCc1ccc(Cl)cc1Br. The van der Waals surface area contributed by atoms with Crippen LogP contribution < -0.4 is 5.32 Å². The Morgan fingerprint density at radius 2 is 2.11 bits per heavy atom. The number of halogens is 2. The molecule has 1 aromatic carbocycles. The molecule has 18 heavy (non-hydrogen) atoms. The van der Waals surface area contributed by atoms with Crippen molar-refractivity contribution >= 4 is 27.5 Å². The van der Waals surface area contributed by atoms with Crippen LogP contribution in [0.25, 0.3) is 0 Å². The Labute approximate surface area is 124 Å². The first-order valence-electron chi connectivity index (χ1n) is 6.35. The van der Waals surface area contributed by atoms with Gasteiger partial charge in [-0.25, -0.2) is 0 Å². The van der Waals surface area contributed by atoms with E-state index in [1.54, 1.807) is 0 Å². The number of nitrogens with one attached hydrogen (secondary N) is 1. The Morgan fingerprint density at radius 3 is 2.72 bits per heavy atom. The lowest BCUT2D eigenvalue weighted by atomic mass is 10.2. The molecule has 0 unspecified atom stereocenters. The van der Waals surface area contributed by atoms with Crippen molar-refractivity contribution in [2.24, 2.45) is 0 Å². The van der Waals surface area contributed by atoms with E-state index in [0.717, 1.165) is 29.1 Å². The molecule has 0 fully saturated rings. The predicted molar refractivity (Wildman–Crippen MR) is 83.2 cm³/mol. The molecule has 0 aliphatic rings. The maximum absolute atomic E-state index is 5.91. The minimum atomic E-state index is 0.621. The third-order valence-electron chi connectivity index (χ3n) is 3.08. The van der Waals surface area contributed by atoms with Crippen molar-refractivity contribution in [1.82, 2.24) is 10.2 Å². The molecule has 1 rings (SSSR count). The Hall–Kier alpha value is -0.0900. The molecule has 4 heteroatoms. The lowest BCUT2D eigenvalue weighted by Crippen LogP contribution is -2.29. The van der Waals surface area contributed by atoms with Gasteiger partial charge in [0.2, 0.25) is 0 Å². The molecule has 0 saturated heterocycles. The normalized spacial score (nSPS) is 11.5. The highest BCUT2D eigenvalue weighted by atomic mass is 79.9. The quantitative estimate of drug-likeness (QED) is 0.761. The Bertz CT molecular complexity index is 369. The van der Waals surface area contributed by atoms with Crippen LogP contribution in [0.5, 0.6) is 0 Å². The topological polar surface area (TPSA) is 15.3 Å². The molecule has 0 spiro atoms. The second-order valence-corrected chi connectivity index (χ2v) is 6.13. The van der Waals surface area contributed by atoms with Crippen LogP contribution in [0.2, 0.25) is 5.02 Å². The fourth-order valence-electron chi connectivity index (χ4n) is 1.60. The molecule has 1 aromatic rings. The Morgan fingerprint density at radius 1 is 1.39 bits per heavy atom. The third-order valence-corrected chi connectivity index (χ3v) is 4.05. The number of hydrogen-bond donors (Lipinski definition) is 1. The summed E-state index contributed by atoms with van der Waals surface area (Å²) in [6, 6.07) is 6.54. The molecular weight excluding hydrogens is 312 g/mol. The van der Waals surface area contributed by atoms with Gasteiger partial charge < -0.3 is 10.2 Å². The minimum Gasteiger partial charge on any atom is -0.313 e. The molecule has 0 atom stereocenters. The third kappa shape index (κ3) is 5.70. The maximum atomic E-state index is 5.91. The number of rotatable bonds is 7. The van der Waals surface area contributed by atoms with Gasteiger partial charge in [-0.1, -0.05) is 33.6 Å². The molecule has 0 saturated carbocycles. The van der Waals surface area contributed by atoms with Gasteiger partial charge in [-0.3, -0.25) is 0 Å². The second-order valence-electron chi connectivity index (χ2n) is 4.84. The van der Waals surface area contributed by atoms with Gasteiger partial charge in [-0.05, 0) is 58.1 Å². The van der Waals surface area contributed by atoms with Gasteiger partial charge in [-0.15, -0.1) is 0 Å². The molecule has 0 aliphatic heterocycles. The van der Waals surface area contributed by atoms with Gasteiger partial charge in [0, 0.05) is 22.1 Å². The summed E-state index contributed by atoms with van der Waals surface area (Å²) in [6.45, 7) is 7.48. The standard InChI is InChI=1S/C14H22BrClN2/c1-11(2)18(3)8-4-7-17-10-12-5-6-13(16)9-14(12)15/h5-6,9,11,17H,4,7-8,10H2,1-3H3. The van der Waals surface area contributed by atoms with Crippen LogP contribution in [-0.4, -0.2) is 31.1 Å². The Balaban J connectivity index is 2.22. The smallest absolute Gasteiger partial charge is 0.0417 e. The van der Waals surface area contributed by atoms with Gasteiger partial charge >= 0.3 is 0 Å². The van der Waals surface area contributed by atoms with Crippen molar-refractivity contribution in [3.63, 3.8) is 0 Å². The van der Waals surface area contributed by atoms with Crippen molar-refractivity contribution < 1.29 is 0 Å². The van der Waals surface area contributed by atoms with Crippen LogP contribution >= 0.6 is 27.5 Å². The molecular formula is C14H22BrClN2. The van der Waals surface area contributed by atoms with Crippen molar-refractivity contribution in [3.8, 4) is 0 Å². The fourth-order valence-corrected chi connectivity index (χ4v) is 2.42. The predicted octanol–water partition coefficient (Wildman–Crippen LogP) is 3.92. The largest absolute Gasteiger partial charge is 0.313 e. The van der Waals surface area contributed by atoms with E-state index < -0.39 is 0 Å². The zero-order valence-electron chi connectivity index (χ0n) is 11.3. The first kappa shape index (κ1) is 16.0. The molecule has 0 radical (unpaired) electrons. The molecule has 2 nitrogen and oxygen atoms in total. The summed E-state index contributed by atoms with van der Waals surface area (Å²) in [6.07, 6.45) is 1.17. The molecule has 0 heterocycles. The summed E-state index contributed by atoms with van der Waals surface area (Å²) in [4.78, 5) is 2.36. The summed E-state index contributed by atoms with van der Waals surface area (Å²) in [7, 11) is 2.17. The minimum absolute atomic E-state index is 0.621. The first-order chi connectivity index (χ1) is 8.50. The highest BCUT2D eigenvalue weighted by Crippen LogP contribution is 2.21. The van der Waals surface area contributed by atoms with Crippen LogP contribution in [-0.2, 0) is 6.54 Å². The number of benzene rings is 1. The van der Waals surface area contributed by atoms with Gasteiger partial charge in [0.25, 0.3) is 0 Å². The molecule has 0 aliphatic carbocycles. The lowest BCUT2D eigenvalue weighted by Gasteiger charge is -2.20. The summed E-state index contributed by atoms with van der Waals surface area (Å²) < 4.78 is 1.07. The van der Waals surface area contributed by atoms with Gasteiger partial charge in [0.15, 0.2) is 0 Å². The lowest BCUT2D eigenvalue weighted by molar-refractivity contribution is 0.269. The first-order valence-corrected chi connectivity index (χ1v) is 7.52. The van der Waals surface area contributed by atoms with E-state index in [9.17, 15) is 0 Å². The van der Waals surface area contributed by atoms with Crippen molar-refractivity contribution in [2.75, 3.05) is 20.1 Å². The highest BCUT2D eigenvalue weighted by molar-refractivity contribution is 9.10. The maximum Gasteiger partial charge on any atom is 0.0417 e. The zero-order valence-corrected chi connectivity index (χ0v) is 13.7. The summed E-state index contributed by atoms with van der Waals surface area (Å²) in [5.41, 5.74) is 1.25. The van der Waals surface area contributed by atoms with Crippen molar-refractivity contribution in [2.45, 2.75) is 32.9 Å². The van der Waals surface area contributed by atoms with E-state index in [0.29, 0.717) is 6.04 Å². The van der Waals surface area contributed by atoms with E-state index in [-0.39, 0.29) is 0 Å².